The smallest absolute Gasteiger partial charge is 0.264 e. The van der Waals surface area contributed by atoms with E-state index < -0.39 is 11.5 Å². The minimum absolute atomic E-state index is 0.322. The molecule has 1 aliphatic rings. The lowest BCUT2D eigenvalue weighted by Gasteiger charge is -2.23. The molecule has 0 bridgehead atoms. The number of hydrogen-bond donors (Lipinski definition) is 1. The van der Waals surface area contributed by atoms with Crippen LogP contribution in [0.4, 0.5) is 5.69 Å². The number of anilines is 1. The van der Waals surface area contributed by atoms with Gasteiger partial charge in [0.15, 0.2) is 11.4 Å². The predicted octanol–water partition coefficient (Wildman–Crippen LogP) is 4.01. The fourth-order valence-electron chi connectivity index (χ4n) is 3.84. The maximum absolute atomic E-state index is 13.3. The third kappa shape index (κ3) is 3.48. The number of ketones is 1. The molecule has 5 heteroatoms. The second-order valence-corrected chi connectivity index (χ2v) is 7.59. The minimum Gasteiger partial charge on any atom is -0.497 e. The summed E-state index contributed by atoms with van der Waals surface area (Å²) in [4.78, 5) is 27.8. The maximum Gasteiger partial charge on any atom is 0.264 e. The summed E-state index contributed by atoms with van der Waals surface area (Å²) in [7, 11) is 1.52. The van der Waals surface area contributed by atoms with Gasteiger partial charge in [-0.05, 0) is 30.7 Å². The van der Waals surface area contributed by atoms with Gasteiger partial charge < -0.3 is 14.7 Å². The third-order valence-corrected chi connectivity index (χ3v) is 5.51. The van der Waals surface area contributed by atoms with Crippen LogP contribution in [0.5, 0.6) is 5.75 Å². The summed E-state index contributed by atoms with van der Waals surface area (Å²) in [6.45, 7) is 2.33. The molecule has 5 nitrogen and oxygen atoms in total. The van der Waals surface area contributed by atoms with E-state index in [2.05, 4.69) is 0 Å². The summed E-state index contributed by atoms with van der Waals surface area (Å²) in [6, 6.07) is 21.7. The molecular formula is C25H23NO4. The first-order chi connectivity index (χ1) is 14.4. The Kier molecular flexibility index (Phi) is 5.14. The second kappa shape index (κ2) is 7.76. The molecule has 3 aromatic rings. The van der Waals surface area contributed by atoms with Crippen LogP contribution in [0, 0.1) is 6.92 Å². The van der Waals surface area contributed by atoms with Gasteiger partial charge in [0.25, 0.3) is 5.91 Å². The molecule has 1 N–H and O–H groups in total. The lowest BCUT2D eigenvalue weighted by molar-refractivity contribution is -0.136. The SMILES string of the molecule is COc1cccc(C(=O)C[C@@]2(O)C(=O)N(Cc3ccc(C)cc3)c3ccccc32)c1. The molecule has 4 rings (SSSR count). The number of carbonyl (C=O) groups excluding carboxylic acids is 2. The minimum atomic E-state index is -1.90. The van der Waals surface area contributed by atoms with Crippen molar-refractivity contribution in [2.24, 2.45) is 0 Å². The second-order valence-electron chi connectivity index (χ2n) is 7.59. The molecule has 0 fully saturated rings. The molecule has 3 aromatic carbocycles. The van der Waals surface area contributed by atoms with E-state index >= 15 is 0 Å². The van der Waals surface area contributed by atoms with Gasteiger partial charge in [-0.2, -0.15) is 0 Å². The monoisotopic (exact) mass is 401 g/mol. The van der Waals surface area contributed by atoms with Gasteiger partial charge in [-0.15, -0.1) is 0 Å². The Labute approximate surface area is 175 Å². The summed E-state index contributed by atoms with van der Waals surface area (Å²) in [5, 5.41) is 11.4. The Bertz CT molecular complexity index is 1110. The molecule has 0 saturated carbocycles. The zero-order valence-electron chi connectivity index (χ0n) is 17.0. The van der Waals surface area contributed by atoms with Crippen LogP contribution in [0.1, 0.15) is 33.5 Å². The zero-order valence-corrected chi connectivity index (χ0v) is 17.0. The molecule has 0 aromatic heterocycles. The fourth-order valence-corrected chi connectivity index (χ4v) is 3.84. The predicted molar refractivity (Wildman–Crippen MR) is 115 cm³/mol. The molecule has 30 heavy (non-hydrogen) atoms. The fraction of sp³-hybridized carbons (Fsp3) is 0.200. The van der Waals surface area contributed by atoms with Gasteiger partial charge in [0.1, 0.15) is 5.75 Å². The van der Waals surface area contributed by atoms with E-state index in [4.69, 9.17) is 4.74 Å². The van der Waals surface area contributed by atoms with Crippen molar-refractivity contribution in [3.8, 4) is 5.75 Å². The molecule has 0 unspecified atom stereocenters. The average Bonchev–Trinajstić information content (AvgIpc) is 2.97. The van der Waals surface area contributed by atoms with E-state index in [0.29, 0.717) is 29.1 Å². The normalized spacial score (nSPS) is 17.7. The Balaban J connectivity index is 1.66. The number of amides is 1. The lowest BCUT2D eigenvalue weighted by atomic mass is 9.88. The van der Waals surface area contributed by atoms with Gasteiger partial charge in [-0.1, -0.05) is 60.2 Å². The van der Waals surface area contributed by atoms with Crippen LogP contribution in [0.15, 0.2) is 72.8 Å². The Morgan fingerprint density at radius 2 is 1.77 bits per heavy atom. The summed E-state index contributed by atoms with van der Waals surface area (Å²) in [5.74, 6) is -0.260. The number of Topliss-reactive ketones (excluding diaryl/α,β-unsaturated/α-hetero) is 1. The number of benzene rings is 3. The number of hydrogen-bond acceptors (Lipinski definition) is 4. The van der Waals surface area contributed by atoms with Crippen molar-refractivity contribution >= 4 is 17.4 Å². The Hall–Kier alpha value is -3.44. The largest absolute Gasteiger partial charge is 0.497 e. The van der Waals surface area contributed by atoms with Gasteiger partial charge >= 0.3 is 0 Å². The molecule has 0 radical (unpaired) electrons. The number of nitrogens with zero attached hydrogens (tertiary/aromatic N) is 1. The molecule has 0 spiro atoms. The van der Waals surface area contributed by atoms with Gasteiger partial charge in [0, 0.05) is 11.1 Å². The van der Waals surface area contributed by atoms with Crippen molar-refractivity contribution in [1.82, 2.24) is 0 Å². The number of ether oxygens (including phenoxy) is 1. The highest BCUT2D eigenvalue weighted by atomic mass is 16.5. The topological polar surface area (TPSA) is 66.8 Å². The zero-order chi connectivity index (χ0) is 21.3. The van der Waals surface area contributed by atoms with Crippen molar-refractivity contribution in [1.29, 1.82) is 0 Å². The van der Waals surface area contributed by atoms with E-state index in [0.717, 1.165) is 11.1 Å². The van der Waals surface area contributed by atoms with Crippen LogP contribution in [-0.2, 0) is 16.9 Å². The molecule has 0 aliphatic carbocycles. The van der Waals surface area contributed by atoms with Crippen LogP contribution in [0.25, 0.3) is 0 Å². The van der Waals surface area contributed by atoms with E-state index in [1.165, 1.54) is 7.11 Å². The molecule has 1 aliphatic heterocycles. The average molecular weight is 401 g/mol. The number of para-hydroxylation sites is 1. The van der Waals surface area contributed by atoms with Gasteiger partial charge in [-0.25, -0.2) is 0 Å². The quantitative estimate of drug-likeness (QED) is 0.634. The van der Waals surface area contributed by atoms with E-state index in [9.17, 15) is 14.7 Å². The van der Waals surface area contributed by atoms with E-state index in [-0.39, 0.29) is 12.2 Å². The van der Waals surface area contributed by atoms with E-state index in [1.54, 1.807) is 47.4 Å². The summed E-state index contributed by atoms with van der Waals surface area (Å²) < 4.78 is 5.18. The molecule has 152 valence electrons. The highest BCUT2D eigenvalue weighted by molar-refractivity contribution is 6.10. The first-order valence-corrected chi connectivity index (χ1v) is 9.79. The van der Waals surface area contributed by atoms with Crippen LogP contribution in [0.3, 0.4) is 0 Å². The number of aliphatic hydroxyl groups is 1. The summed E-state index contributed by atoms with van der Waals surface area (Å²) >= 11 is 0. The van der Waals surface area contributed by atoms with Crippen molar-refractivity contribution in [3.63, 3.8) is 0 Å². The van der Waals surface area contributed by atoms with Crippen LogP contribution in [-0.4, -0.2) is 23.9 Å². The number of methoxy groups -OCH3 is 1. The van der Waals surface area contributed by atoms with Crippen LogP contribution in [0.2, 0.25) is 0 Å². The molecule has 1 amide bonds. The summed E-state index contributed by atoms with van der Waals surface area (Å²) in [5.41, 5.74) is 1.66. The van der Waals surface area contributed by atoms with Gasteiger partial charge in [-0.3, -0.25) is 9.59 Å². The maximum atomic E-state index is 13.3. The molecule has 1 heterocycles. The van der Waals surface area contributed by atoms with Crippen LogP contribution >= 0.6 is 0 Å². The molecule has 0 saturated heterocycles. The van der Waals surface area contributed by atoms with Gasteiger partial charge in [0.05, 0.1) is 25.8 Å². The van der Waals surface area contributed by atoms with E-state index in [1.807, 2.05) is 37.3 Å². The molecular weight excluding hydrogens is 378 g/mol. The number of rotatable bonds is 6. The lowest BCUT2D eigenvalue weighted by Crippen LogP contribution is -2.41. The number of fused-ring (bicyclic) bond motifs is 1. The number of carbonyl (C=O) groups is 2. The highest BCUT2D eigenvalue weighted by Crippen LogP contribution is 2.43. The standard InChI is InChI=1S/C25H23NO4/c1-17-10-12-18(13-11-17)16-26-22-9-4-3-8-21(22)25(29,24(26)28)15-23(27)19-6-5-7-20(14-19)30-2/h3-14,29H,15-16H2,1-2H3/t25-/m0/s1. The first kappa shape index (κ1) is 19.9. The summed E-state index contributed by atoms with van der Waals surface area (Å²) in [6.07, 6.45) is -0.333. The van der Waals surface area contributed by atoms with Crippen molar-refractivity contribution in [3.05, 3.63) is 95.1 Å². The van der Waals surface area contributed by atoms with Crippen molar-refractivity contribution in [2.75, 3.05) is 12.0 Å². The Morgan fingerprint density at radius 3 is 2.50 bits per heavy atom. The number of aryl methyl sites for hydroxylation is 1. The molecule has 1 atom stereocenters. The van der Waals surface area contributed by atoms with Crippen LogP contribution < -0.4 is 9.64 Å². The Morgan fingerprint density at radius 1 is 1.03 bits per heavy atom. The first-order valence-electron chi connectivity index (χ1n) is 9.79. The third-order valence-electron chi connectivity index (χ3n) is 5.51. The highest BCUT2D eigenvalue weighted by Gasteiger charge is 2.50. The van der Waals surface area contributed by atoms with Crippen molar-refractivity contribution < 1.29 is 19.4 Å². The van der Waals surface area contributed by atoms with Gasteiger partial charge in [0.2, 0.25) is 0 Å². The van der Waals surface area contributed by atoms with Crippen molar-refractivity contribution in [2.45, 2.75) is 25.5 Å².